The van der Waals surface area contributed by atoms with Crippen LogP contribution in [0.5, 0.6) is 0 Å². The number of carbonyl (C=O) groups excluding carboxylic acids is 1. The molecule has 1 aromatic carbocycles. The van der Waals surface area contributed by atoms with Crippen molar-refractivity contribution >= 4 is 23.4 Å². The maximum absolute atomic E-state index is 12.3. The van der Waals surface area contributed by atoms with E-state index >= 15 is 0 Å². The van der Waals surface area contributed by atoms with Crippen molar-refractivity contribution in [2.24, 2.45) is 0 Å². The Labute approximate surface area is 140 Å². The SMILES string of the molecule is CC(C)N(CC(=O)Nc1ccc(SC(F)F)cc1)C1CCCC1. The summed E-state index contributed by atoms with van der Waals surface area (Å²) in [6.45, 7) is 4.60. The van der Waals surface area contributed by atoms with Crippen molar-refractivity contribution < 1.29 is 13.6 Å². The second-order valence-electron chi connectivity index (χ2n) is 6.16. The molecule has 0 bridgehead atoms. The van der Waals surface area contributed by atoms with E-state index in [1.54, 1.807) is 24.3 Å². The van der Waals surface area contributed by atoms with Crippen molar-refractivity contribution in [1.82, 2.24) is 4.90 Å². The molecule has 3 nitrogen and oxygen atoms in total. The zero-order chi connectivity index (χ0) is 16.8. The monoisotopic (exact) mass is 342 g/mol. The highest BCUT2D eigenvalue weighted by Gasteiger charge is 2.26. The van der Waals surface area contributed by atoms with Crippen molar-refractivity contribution in [3.8, 4) is 0 Å². The van der Waals surface area contributed by atoms with Gasteiger partial charge in [0.1, 0.15) is 0 Å². The zero-order valence-electron chi connectivity index (χ0n) is 13.6. The van der Waals surface area contributed by atoms with Gasteiger partial charge in [-0.2, -0.15) is 8.78 Å². The van der Waals surface area contributed by atoms with Gasteiger partial charge in [-0.1, -0.05) is 24.6 Å². The van der Waals surface area contributed by atoms with Crippen LogP contribution in [0.1, 0.15) is 39.5 Å². The highest BCUT2D eigenvalue weighted by molar-refractivity contribution is 7.99. The first kappa shape index (κ1) is 18.2. The van der Waals surface area contributed by atoms with Gasteiger partial charge in [0.2, 0.25) is 5.91 Å². The Morgan fingerprint density at radius 1 is 1.26 bits per heavy atom. The predicted octanol–water partition coefficient (Wildman–Crippen LogP) is 4.59. The number of nitrogens with zero attached hydrogens (tertiary/aromatic N) is 1. The predicted molar refractivity (Wildman–Crippen MR) is 91.0 cm³/mol. The van der Waals surface area contributed by atoms with Gasteiger partial charge < -0.3 is 5.32 Å². The lowest BCUT2D eigenvalue weighted by Gasteiger charge is -2.31. The summed E-state index contributed by atoms with van der Waals surface area (Å²) < 4.78 is 24.6. The minimum Gasteiger partial charge on any atom is -0.325 e. The molecule has 0 aliphatic heterocycles. The molecule has 2 rings (SSSR count). The molecule has 0 radical (unpaired) electrons. The number of thioether (sulfide) groups is 1. The van der Waals surface area contributed by atoms with Crippen LogP contribution in [0.2, 0.25) is 0 Å². The largest absolute Gasteiger partial charge is 0.325 e. The minimum atomic E-state index is -2.43. The van der Waals surface area contributed by atoms with Crippen LogP contribution in [-0.2, 0) is 4.79 Å². The number of hydrogen-bond donors (Lipinski definition) is 1. The van der Waals surface area contributed by atoms with Gasteiger partial charge in [-0.25, -0.2) is 0 Å². The molecule has 0 spiro atoms. The van der Waals surface area contributed by atoms with Crippen molar-refractivity contribution in [1.29, 1.82) is 0 Å². The summed E-state index contributed by atoms with van der Waals surface area (Å²) in [5.74, 6) is -2.48. The van der Waals surface area contributed by atoms with Crippen LogP contribution >= 0.6 is 11.8 Å². The summed E-state index contributed by atoms with van der Waals surface area (Å²) in [7, 11) is 0. The first-order valence-electron chi connectivity index (χ1n) is 8.06. The summed E-state index contributed by atoms with van der Waals surface area (Å²) in [6, 6.07) is 7.35. The van der Waals surface area contributed by atoms with E-state index in [-0.39, 0.29) is 5.91 Å². The molecular formula is C17H24F2N2OS. The normalized spacial score (nSPS) is 15.8. The molecule has 128 valence electrons. The summed E-state index contributed by atoms with van der Waals surface area (Å²) in [4.78, 5) is 15.0. The molecule has 0 heterocycles. The third-order valence-corrected chi connectivity index (χ3v) is 4.87. The van der Waals surface area contributed by atoms with Gasteiger partial charge in [-0.15, -0.1) is 0 Å². The molecule has 0 unspecified atom stereocenters. The highest BCUT2D eigenvalue weighted by atomic mass is 32.2. The number of nitrogens with one attached hydrogen (secondary N) is 1. The van der Waals surface area contributed by atoms with Crippen LogP contribution in [0.4, 0.5) is 14.5 Å². The number of rotatable bonds is 7. The Bertz CT molecular complexity index is 502. The van der Waals surface area contributed by atoms with Crippen molar-refractivity contribution in [2.75, 3.05) is 11.9 Å². The zero-order valence-corrected chi connectivity index (χ0v) is 14.4. The average Bonchev–Trinajstić information content (AvgIpc) is 3.00. The van der Waals surface area contributed by atoms with Gasteiger partial charge in [0, 0.05) is 22.7 Å². The Balaban J connectivity index is 1.89. The van der Waals surface area contributed by atoms with E-state index in [1.807, 2.05) is 0 Å². The molecule has 1 N–H and O–H groups in total. The number of carbonyl (C=O) groups is 1. The fourth-order valence-corrected chi connectivity index (χ4v) is 3.55. The van der Waals surface area contributed by atoms with E-state index in [0.29, 0.717) is 41.0 Å². The van der Waals surface area contributed by atoms with Crippen molar-refractivity contribution in [2.45, 2.75) is 62.3 Å². The first-order chi connectivity index (χ1) is 11.0. The maximum Gasteiger partial charge on any atom is 0.288 e. The Morgan fingerprint density at radius 2 is 1.87 bits per heavy atom. The van der Waals surface area contributed by atoms with Crippen LogP contribution in [0.25, 0.3) is 0 Å². The van der Waals surface area contributed by atoms with Gasteiger partial charge in [-0.3, -0.25) is 9.69 Å². The van der Waals surface area contributed by atoms with E-state index in [1.165, 1.54) is 12.8 Å². The first-order valence-corrected chi connectivity index (χ1v) is 8.94. The van der Waals surface area contributed by atoms with Crippen LogP contribution < -0.4 is 5.32 Å². The molecule has 0 saturated heterocycles. The van der Waals surface area contributed by atoms with Crippen LogP contribution in [0, 0.1) is 0 Å². The Morgan fingerprint density at radius 3 is 2.39 bits per heavy atom. The summed E-state index contributed by atoms with van der Waals surface area (Å²) in [6.07, 6.45) is 4.79. The van der Waals surface area contributed by atoms with E-state index in [0.717, 1.165) is 12.8 Å². The van der Waals surface area contributed by atoms with E-state index in [2.05, 4.69) is 24.1 Å². The number of hydrogen-bond acceptors (Lipinski definition) is 3. The summed E-state index contributed by atoms with van der Waals surface area (Å²) in [5.41, 5.74) is 0.642. The molecule has 23 heavy (non-hydrogen) atoms. The van der Waals surface area contributed by atoms with Crippen molar-refractivity contribution in [3.05, 3.63) is 24.3 Å². The third kappa shape index (κ3) is 5.77. The van der Waals surface area contributed by atoms with E-state index < -0.39 is 5.76 Å². The second kappa shape index (κ2) is 8.64. The minimum absolute atomic E-state index is 0.0557. The number of halogens is 2. The van der Waals surface area contributed by atoms with Crippen LogP contribution in [-0.4, -0.2) is 35.2 Å². The summed E-state index contributed by atoms with van der Waals surface area (Å²) in [5, 5.41) is 2.85. The number of alkyl halides is 2. The second-order valence-corrected chi connectivity index (χ2v) is 7.22. The third-order valence-electron chi connectivity index (χ3n) is 4.15. The molecule has 0 aromatic heterocycles. The average molecular weight is 342 g/mol. The summed E-state index contributed by atoms with van der Waals surface area (Å²) >= 11 is 0.503. The fraction of sp³-hybridized carbons (Fsp3) is 0.588. The molecule has 1 aromatic rings. The maximum atomic E-state index is 12.3. The molecule has 1 aliphatic rings. The Hall–Kier alpha value is -1.14. The number of anilines is 1. The van der Waals surface area contributed by atoms with E-state index in [4.69, 9.17) is 0 Å². The van der Waals surface area contributed by atoms with Gasteiger partial charge in [-0.05, 0) is 51.0 Å². The number of benzene rings is 1. The molecular weight excluding hydrogens is 318 g/mol. The lowest BCUT2D eigenvalue weighted by atomic mass is 10.1. The van der Waals surface area contributed by atoms with Crippen LogP contribution in [0.3, 0.4) is 0 Å². The molecule has 1 saturated carbocycles. The quantitative estimate of drug-likeness (QED) is 0.736. The van der Waals surface area contributed by atoms with Crippen LogP contribution in [0.15, 0.2) is 29.2 Å². The Kier molecular flexibility index (Phi) is 6.84. The van der Waals surface area contributed by atoms with E-state index in [9.17, 15) is 13.6 Å². The smallest absolute Gasteiger partial charge is 0.288 e. The standard InChI is InChI=1S/C17H24F2N2OS/c1-12(2)21(14-5-3-4-6-14)11-16(22)20-13-7-9-15(10-8-13)23-17(18)19/h7-10,12,14,17H,3-6,11H2,1-2H3,(H,20,22). The van der Waals surface area contributed by atoms with Gasteiger partial charge in [0.15, 0.2) is 0 Å². The molecule has 1 aliphatic carbocycles. The molecule has 0 atom stereocenters. The lowest BCUT2D eigenvalue weighted by molar-refractivity contribution is -0.118. The number of amides is 1. The topological polar surface area (TPSA) is 32.3 Å². The van der Waals surface area contributed by atoms with Gasteiger partial charge in [0.05, 0.1) is 6.54 Å². The molecule has 1 amide bonds. The van der Waals surface area contributed by atoms with Crippen molar-refractivity contribution in [3.63, 3.8) is 0 Å². The lowest BCUT2D eigenvalue weighted by Crippen LogP contribution is -2.43. The van der Waals surface area contributed by atoms with Gasteiger partial charge in [0.25, 0.3) is 5.76 Å². The molecule has 1 fully saturated rings. The highest BCUT2D eigenvalue weighted by Crippen LogP contribution is 2.27. The van der Waals surface area contributed by atoms with Gasteiger partial charge >= 0.3 is 0 Å². The fourth-order valence-electron chi connectivity index (χ4n) is 3.06. The molecule has 6 heteroatoms.